The van der Waals surface area contributed by atoms with Crippen molar-refractivity contribution in [2.75, 3.05) is 101 Å². The maximum atomic E-state index is 17.4. The SMILES string of the molecule is CCCCc1cc(-c2cccs2)n2c1CC1C(CCCS(=O)(=O)[O-])=CC(/C=C/c3ccc(OCCCC(=O)NC(CCCC[N+](C)(C)C)C(=O)NC(CCCC[N+](C)(C)C)C(=O)NCC[NH+](C)CCOc4cc([N+](=O)[O-])c(C(C)OC(=O)ON5C(=O)CCC5=O)cc4CO)cc3)=[N+]1[B-]2(F)F. The number of nitrogens with one attached hydrogen (secondary N) is 4. The Morgan fingerprint density at radius 3 is 2.14 bits per heavy atom. The molecular formula is C69H99BF2N10O16S2+2. The quantitative estimate of drug-likeness (QED) is 0.00469. The molecule has 548 valence electrons. The van der Waals surface area contributed by atoms with Crippen LogP contribution in [-0.4, -0.2) is 214 Å². The number of carbonyl (C=O) groups excluding carboxylic acids is 6. The number of ether oxygens (including phenoxy) is 3. The Balaban J connectivity index is 0.937. The molecule has 3 aliphatic rings. The number of thiophene rings is 1. The number of hydrogen-bond donors (Lipinski definition) is 5. The van der Waals surface area contributed by atoms with Crippen molar-refractivity contribution in [2.45, 2.75) is 147 Å². The second-order valence-corrected chi connectivity index (χ2v) is 30.4. The van der Waals surface area contributed by atoms with Gasteiger partial charge >= 0.3 is 13.1 Å². The molecule has 3 aliphatic heterocycles. The molecule has 100 heavy (non-hydrogen) atoms. The van der Waals surface area contributed by atoms with E-state index in [9.17, 15) is 57.0 Å². The Morgan fingerprint density at radius 1 is 0.860 bits per heavy atom. The number of aromatic nitrogens is 1. The summed E-state index contributed by atoms with van der Waals surface area (Å²) in [5.41, 5.74) is 3.06. The van der Waals surface area contributed by atoms with E-state index in [4.69, 9.17) is 19.0 Å². The van der Waals surface area contributed by atoms with Crippen molar-refractivity contribution < 1.29 is 97.8 Å². The average molecular weight is 1440 g/mol. The van der Waals surface area contributed by atoms with Crippen molar-refractivity contribution in [3.8, 4) is 22.1 Å². The lowest BCUT2D eigenvalue weighted by atomic mass is 9.83. The summed E-state index contributed by atoms with van der Waals surface area (Å²) in [6.45, 7) is 1.20. The fraction of sp³-hybridized carbons (Fsp3) is 0.551. The van der Waals surface area contributed by atoms with E-state index in [2.05, 4.69) is 65.2 Å². The van der Waals surface area contributed by atoms with E-state index in [0.717, 1.165) is 60.2 Å². The third-order valence-electron chi connectivity index (χ3n) is 17.8. The lowest BCUT2D eigenvalue weighted by Gasteiger charge is -2.37. The Morgan fingerprint density at radius 2 is 1.53 bits per heavy atom. The molecule has 0 aliphatic carbocycles. The summed E-state index contributed by atoms with van der Waals surface area (Å²) in [4.78, 5) is 96.1. The Bertz CT molecular complexity index is 3730. The summed E-state index contributed by atoms with van der Waals surface area (Å²) >= 11 is 1.40. The van der Waals surface area contributed by atoms with E-state index in [1.807, 2.05) is 30.6 Å². The van der Waals surface area contributed by atoms with Gasteiger partial charge in [0.05, 0.1) is 115 Å². The molecule has 5 N–H and O–H groups in total. The largest absolute Gasteiger partial charge is 0.748 e. The fourth-order valence-electron chi connectivity index (χ4n) is 12.4. The number of aryl methyl sites for hydroxylation is 1. The number of nitrogens with zero attached hydrogens (tertiary/aromatic N) is 6. The van der Waals surface area contributed by atoms with Gasteiger partial charge in [-0.2, -0.15) is 0 Å². The van der Waals surface area contributed by atoms with Crippen LogP contribution < -0.4 is 30.3 Å². The predicted molar refractivity (Wildman–Crippen MR) is 373 cm³/mol. The first-order chi connectivity index (χ1) is 47.2. The summed E-state index contributed by atoms with van der Waals surface area (Å²) in [6.07, 6.45) is 8.67. The molecule has 2 aromatic heterocycles. The minimum absolute atomic E-state index is 0.00780. The standard InChI is InChI=1S/C69H97BF2N10O16S2/c1-10-11-19-51-44-61(63-23-17-40-99-63)78-59(51)45-58-50(20-18-41-100(92,93)94)42-53(77(58)70(78,71)72)28-25-49-26-29-54(30-27-49)95-38-16-24-64(84)74-57(22-13-15-37-82(7,8)9)68(88)75-56(21-12-14-36-81(4,5)6)67(87)73-33-34-76(3)35-39-96-62-46-60(80(90)91)55(43-52(62)47-83)48(2)97-69(89)98-79-65(85)31-32-66(79)86/h17,23,25-30,40,42-44,46,48,56-58,83H,10-16,18-22,24,31-39,41,45,47H2,1-9H3,(H2-2,73,74,75,84,87,88,92,93,94)/p+2/b28-25+. The summed E-state index contributed by atoms with van der Waals surface area (Å²) in [7, 11) is 9.76. The zero-order valence-electron chi connectivity index (χ0n) is 58.9. The number of hydrogen-bond acceptors (Lipinski definition) is 17. The molecule has 31 heteroatoms. The van der Waals surface area contributed by atoms with Gasteiger partial charge in [-0.15, -0.1) is 11.3 Å². The highest BCUT2D eigenvalue weighted by atomic mass is 32.2. The number of likely N-dealkylation sites (N-methyl/N-ethyl adjacent to an activating group) is 1. The minimum atomic E-state index is -4.51. The molecule has 26 nitrogen and oxygen atoms in total. The highest BCUT2D eigenvalue weighted by Crippen LogP contribution is 2.42. The number of nitro benzene ring substituents is 1. The molecule has 4 aromatic rings. The van der Waals surface area contributed by atoms with Crippen LogP contribution in [0.3, 0.4) is 0 Å². The van der Waals surface area contributed by atoms with Crippen LogP contribution in [0.25, 0.3) is 16.6 Å². The second-order valence-electron chi connectivity index (χ2n) is 27.9. The van der Waals surface area contributed by atoms with E-state index < -0.39 is 94.1 Å². The molecule has 0 spiro atoms. The van der Waals surface area contributed by atoms with Gasteiger partial charge in [-0.1, -0.05) is 36.6 Å². The summed E-state index contributed by atoms with van der Waals surface area (Å²) in [6, 6.07) is 12.4. The van der Waals surface area contributed by atoms with E-state index >= 15 is 8.63 Å². The van der Waals surface area contributed by atoms with Crippen molar-refractivity contribution in [1.29, 1.82) is 0 Å². The van der Waals surface area contributed by atoms with Crippen molar-refractivity contribution in [1.82, 2.24) is 25.5 Å². The first kappa shape index (κ1) is 79.4. The molecule has 7 rings (SSSR count). The number of unbranched alkanes of at least 4 members (excludes halogenated alkanes) is 3. The summed E-state index contributed by atoms with van der Waals surface area (Å²) in [5, 5.41) is 33.4. The van der Waals surface area contributed by atoms with Crippen LogP contribution in [0.1, 0.15) is 138 Å². The number of nitro groups is 1. The molecule has 0 saturated carbocycles. The van der Waals surface area contributed by atoms with Crippen molar-refractivity contribution in [3.05, 3.63) is 116 Å². The van der Waals surface area contributed by atoms with E-state index in [1.165, 1.54) is 33.3 Å². The number of benzene rings is 2. The van der Waals surface area contributed by atoms with Crippen LogP contribution >= 0.6 is 11.3 Å². The number of allylic oxidation sites excluding steroid dienone is 2. The van der Waals surface area contributed by atoms with Gasteiger partial charge in [0.1, 0.15) is 48.9 Å². The number of fused-ring (bicyclic) bond motifs is 2. The van der Waals surface area contributed by atoms with Gasteiger partial charge in [-0.3, -0.25) is 38.9 Å². The maximum absolute atomic E-state index is 17.4. The van der Waals surface area contributed by atoms with Gasteiger partial charge in [-0.25, -0.2) is 13.2 Å². The molecule has 1 fully saturated rings. The van der Waals surface area contributed by atoms with Crippen LogP contribution in [-0.2, 0) is 63.1 Å². The van der Waals surface area contributed by atoms with E-state index in [-0.39, 0.29) is 85.4 Å². The first-order valence-electron chi connectivity index (χ1n) is 34.3. The number of rotatable bonds is 41. The van der Waals surface area contributed by atoms with E-state index in [0.29, 0.717) is 95.3 Å². The second kappa shape index (κ2) is 36.1. The fourth-order valence-corrected chi connectivity index (χ4v) is 13.7. The van der Waals surface area contributed by atoms with Gasteiger partial charge in [0.2, 0.25) is 17.7 Å². The highest BCUT2D eigenvalue weighted by molar-refractivity contribution is 7.85. The molecule has 5 heterocycles. The lowest BCUT2D eigenvalue weighted by molar-refractivity contribution is -0.878. The van der Waals surface area contributed by atoms with E-state index in [1.54, 1.807) is 42.5 Å². The molecule has 0 bridgehead atoms. The van der Waals surface area contributed by atoms with Gasteiger partial charge in [0, 0.05) is 59.7 Å². The number of aliphatic hydroxyl groups is 1. The van der Waals surface area contributed by atoms with Crippen LogP contribution in [0.15, 0.2) is 77.7 Å². The zero-order chi connectivity index (χ0) is 73.1. The minimum Gasteiger partial charge on any atom is -0.748 e. The molecule has 1 saturated heterocycles. The van der Waals surface area contributed by atoms with Crippen LogP contribution in [0.4, 0.5) is 19.1 Å². The van der Waals surface area contributed by atoms with Gasteiger partial charge in [0.15, 0.2) is 5.71 Å². The number of carbonyl (C=O) groups is 6. The predicted octanol–water partition coefficient (Wildman–Crippen LogP) is 6.41. The van der Waals surface area contributed by atoms with Gasteiger partial charge in [0.25, 0.3) is 17.5 Å². The molecule has 5 amide bonds. The van der Waals surface area contributed by atoms with Crippen molar-refractivity contribution in [3.63, 3.8) is 0 Å². The van der Waals surface area contributed by atoms with Gasteiger partial charge < -0.3 is 71.3 Å². The highest BCUT2D eigenvalue weighted by Gasteiger charge is 2.56. The van der Waals surface area contributed by atoms with Crippen LogP contribution in [0.2, 0.25) is 0 Å². The Labute approximate surface area is 588 Å². The molecular weight excluding hydrogens is 1340 g/mol. The van der Waals surface area contributed by atoms with Crippen LogP contribution in [0, 0.1) is 10.1 Å². The number of hydroxylamine groups is 2. The zero-order valence-corrected chi connectivity index (χ0v) is 60.5. The number of amides is 5. The third-order valence-corrected chi connectivity index (χ3v) is 19.4. The Hall–Kier alpha value is -7.94. The Kier molecular flexibility index (Phi) is 28.7. The van der Waals surface area contributed by atoms with Crippen molar-refractivity contribution in [2.24, 2.45) is 0 Å². The normalized spacial score (nSPS) is 16.6. The smallest absolute Gasteiger partial charge is 0.732 e. The number of halogens is 2. The number of aliphatic hydroxyl groups excluding tert-OH is 1. The summed E-state index contributed by atoms with van der Waals surface area (Å²) < 4.78 is 90.6. The summed E-state index contributed by atoms with van der Waals surface area (Å²) in [5.74, 6) is -2.82. The maximum Gasteiger partial charge on any atom is 0.732 e. The molecule has 5 atom stereocenters. The molecule has 2 aromatic carbocycles. The molecule has 5 unspecified atom stereocenters. The van der Waals surface area contributed by atoms with Crippen LogP contribution in [0.5, 0.6) is 11.5 Å². The topological polar surface area (TPSA) is 312 Å². The van der Waals surface area contributed by atoms with Crippen molar-refractivity contribution >= 4 is 81.6 Å². The monoisotopic (exact) mass is 1440 g/mol. The number of imide groups is 1. The average Bonchev–Trinajstić information content (AvgIpc) is 1.54. The van der Waals surface area contributed by atoms with Gasteiger partial charge in [-0.05, 0) is 142 Å². The lowest BCUT2D eigenvalue weighted by Crippen LogP contribution is -3.10. The molecule has 0 radical (unpaired) electrons. The number of quaternary nitrogens is 3. The first-order valence-corrected chi connectivity index (χ1v) is 36.8. The third kappa shape index (κ3) is 23.3.